The zero-order valence-electron chi connectivity index (χ0n) is 16.7. The van der Waals surface area contributed by atoms with Crippen molar-refractivity contribution in [1.82, 2.24) is 14.4 Å². The molecule has 2 heterocycles. The molecule has 0 aliphatic carbocycles. The third kappa shape index (κ3) is 3.48. The van der Waals surface area contributed by atoms with Gasteiger partial charge in [0, 0.05) is 38.3 Å². The number of nitrogens with zero attached hydrogens (tertiary/aromatic N) is 3. The van der Waals surface area contributed by atoms with Crippen molar-refractivity contribution in [3.8, 4) is 0 Å². The standard InChI is InChI=1S/C21H27N3O3/c1-13(2)11-23-8-9-24(15(4)20(23)26)21(27)17-12-22(5)18-7-6-14(3)10-16(18)19(17)25/h6-7,10,12-13,15H,8-9,11H2,1-5H3/t15-/m1/s1. The van der Waals surface area contributed by atoms with Gasteiger partial charge in [-0.2, -0.15) is 0 Å². The minimum Gasteiger partial charge on any atom is -0.350 e. The molecule has 6 heteroatoms. The van der Waals surface area contributed by atoms with E-state index < -0.39 is 6.04 Å². The maximum atomic E-state index is 13.1. The number of hydrogen-bond acceptors (Lipinski definition) is 3. The fraction of sp³-hybridized carbons (Fsp3) is 0.476. The molecule has 1 saturated heterocycles. The summed E-state index contributed by atoms with van der Waals surface area (Å²) >= 11 is 0. The van der Waals surface area contributed by atoms with Crippen LogP contribution in [0.2, 0.25) is 0 Å². The number of rotatable bonds is 3. The molecule has 6 nitrogen and oxygen atoms in total. The Bertz CT molecular complexity index is 961. The van der Waals surface area contributed by atoms with E-state index >= 15 is 0 Å². The smallest absolute Gasteiger partial charge is 0.260 e. The Kier molecular flexibility index (Phi) is 5.09. The summed E-state index contributed by atoms with van der Waals surface area (Å²) in [7, 11) is 1.82. The van der Waals surface area contributed by atoms with Crippen molar-refractivity contribution in [2.24, 2.45) is 13.0 Å². The van der Waals surface area contributed by atoms with Crippen molar-refractivity contribution in [2.75, 3.05) is 19.6 Å². The van der Waals surface area contributed by atoms with E-state index in [1.54, 1.807) is 22.6 Å². The predicted octanol–water partition coefficient (Wildman–Crippen LogP) is 2.18. The topological polar surface area (TPSA) is 62.6 Å². The Morgan fingerprint density at radius 3 is 2.59 bits per heavy atom. The van der Waals surface area contributed by atoms with Gasteiger partial charge in [0.1, 0.15) is 11.6 Å². The molecule has 0 N–H and O–H groups in total. The van der Waals surface area contributed by atoms with Gasteiger partial charge in [-0.05, 0) is 31.9 Å². The van der Waals surface area contributed by atoms with Crippen LogP contribution in [0.5, 0.6) is 0 Å². The van der Waals surface area contributed by atoms with Gasteiger partial charge in [-0.25, -0.2) is 0 Å². The first-order chi connectivity index (χ1) is 12.7. The van der Waals surface area contributed by atoms with Gasteiger partial charge < -0.3 is 14.4 Å². The maximum Gasteiger partial charge on any atom is 0.260 e. The second-order valence-electron chi connectivity index (χ2n) is 7.86. The lowest BCUT2D eigenvalue weighted by Gasteiger charge is -2.39. The number of benzene rings is 1. The molecule has 0 saturated carbocycles. The third-order valence-corrected chi connectivity index (χ3v) is 5.17. The Hall–Kier alpha value is -2.63. The van der Waals surface area contributed by atoms with Gasteiger partial charge in [-0.3, -0.25) is 14.4 Å². The van der Waals surface area contributed by atoms with Crippen molar-refractivity contribution >= 4 is 22.7 Å². The average Bonchev–Trinajstić information content (AvgIpc) is 2.61. The number of pyridine rings is 1. The van der Waals surface area contributed by atoms with E-state index in [-0.39, 0.29) is 22.8 Å². The molecule has 0 bridgehead atoms. The van der Waals surface area contributed by atoms with Gasteiger partial charge in [0.05, 0.1) is 5.52 Å². The van der Waals surface area contributed by atoms with Crippen molar-refractivity contribution in [3.63, 3.8) is 0 Å². The number of carbonyl (C=O) groups is 2. The first kappa shape index (κ1) is 19.1. The molecule has 2 aromatic rings. The highest BCUT2D eigenvalue weighted by atomic mass is 16.2. The summed E-state index contributed by atoms with van der Waals surface area (Å²) < 4.78 is 1.80. The molecule has 1 aliphatic rings. The highest BCUT2D eigenvalue weighted by molar-refractivity contribution is 6.00. The van der Waals surface area contributed by atoms with Gasteiger partial charge >= 0.3 is 0 Å². The van der Waals surface area contributed by atoms with Crippen LogP contribution < -0.4 is 5.43 Å². The van der Waals surface area contributed by atoms with Gasteiger partial charge in [0.25, 0.3) is 5.91 Å². The van der Waals surface area contributed by atoms with Crippen LogP contribution in [-0.2, 0) is 11.8 Å². The summed E-state index contributed by atoms with van der Waals surface area (Å²) in [5.41, 5.74) is 1.59. The second kappa shape index (κ2) is 7.18. The van der Waals surface area contributed by atoms with Crippen LogP contribution in [-0.4, -0.2) is 51.9 Å². The molecule has 0 radical (unpaired) electrons. The minimum atomic E-state index is -0.567. The van der Waals surface area contributed by atoms with E-state index in [4.69, 9.17) is 0 Å². The van der Waals surface area contributed by atoms with E-state index in [1.165, 1.54) is 4.90 Å². The second-order valence-corrected chi connectivity index (χ2v) is 7.86. The van der Waals surface area contributed by atoms with Crippen molar-refractivity contribution in [1.29, 1.82) is 0 Å². The van der Waals surface area contributed by atoms with Crippen LogP contribution in [0.4, 0.5) is 0 Å². The third-order valence-electron chi connectivity index (χ3n) is 5.17. The van der Waals surface area contributed by atoms with Crippen LogP contribution in [0, 0.1) is 12.8 Å². The van der Waals surface area contributed by atoms with E-state index in [0.29, 0.717) is 30.9 Å². The molecule has 144 valence electrons. The molecule has 27 heavy (non-hydrogen) atoms. The Labute approximate surface area is 159 Å². The molecule has 1 aromatic carbocycles. The molecule has 3 rings (SSSR count). The van der Waals surface area contributed by atoms with Gasteiger partial charge in [-0.15, -0.1) is 0 Å². The summed E-state index contributed by atoms with van der Waals surface area (Å²) in [5, 5.41) is 0.528. The largest absolute Gasteiger partial charge is 0.350 e. The van der Waals surface area contributed by atoms with Crippen LogP contribution in [0.3, 0.4) is 0 Å². The summed E-state index contributed by atoms with van der Waals surface area (Å²) in [5.74, 6) is -0.0553. The Balaban J connectivity index is 1.96. The number of aryl methyl sites for hydroxylation is 2. The highest BCUT2D eigenvalue weighted by Crippen LogP contribution is 2.18. The van der Waals surface area contributed by atoms with E-state index in [1.807, 2.05) is 32.2 Å². The predicted molar refractivity (Wildman–Crippen MR) is 106 cm³/mol. The number of aromatic nitrogens is 1. The zero-order valence-corrected chi connectivity index (χ0v) is 16.7. The van der Waals surface area contributed by atoms with Crippen molar-refractivity contribution in [2.45, 2.75) is 33.7 Å². The van der Waals surface area contributed by atoms with Crippen molar-refractivity contribution in [3.05, 3.63) is 45.7 Å². The number of carbonyl (C=O) groups excluding carboxylic acids is 2. The lowest BCUT2D eigenvalue weighted by atomic mass is 10.1. The molecule has 1 atom stereocenters. The normalized spacial score (nSPS) is 17.9. The van der Waals surface area contributed by atoms with Crippen LogP contribution in [0.15, 0.2) is 29.2 Å². The summed E-state index contributed by atoms with van der Waals surface area (Å²) in [6, 6.07) is 5.07. The molecule has 0 unspecified atom stereocenters. The molecule has 1 aliphatic heterocycles. The number of piperazine rings is 1. The molecule has 2 amide bonds. The SMILES string of the molecule is Cc1ccc2c(c1)c(=O)c(C(=O)N1CCN(CC(C)C)C(=O)[C@H]1C)cn2C. The van der Waals surface area contributed by atoms with Crippen molar-refractivity contribution < 1.29 is 9.59 Å². The molecule has 1 fully saturated rings. The maximum absolute atomic E-state index is 13.1. The first-order valence-electron chi connectivity index (χ1n) is 9.40. The lowest BCUT2D eigenvalue weighted by Crippen LogP contribution is -2.58. The van der Waals surface area contributed by atoms with E-state index in [2.05, 4.69) is 13.8 Å². The monoisotopic (exact) mass is 369 g/mol. The van der Waals surface area contributed by atoms with Gasteiger partial charge in [0.15, 0.2) is 0 Å². The van der Waals surface area contributed by atoms with E-state index in [0.717, 1.165) is 11.1 Å². The fourth-order valence-corrected chi connectivity index (χ4v) is 3.74. The molecular formula is C21H27N3O3. The van der Waals surface area contributed by atoms with E-state index in [9.17, 15) is 14.4 Å². The van der Waals surface area contributed by atoms with Crippen LogP contribution in [0.25, 0.3) is 10.9 Å². The molecular weight excluding hydrogens is 342 g/mol. The fourth-order valence-electron chi connectivity index (χ4n) is 3.74. The Morgan fingerprint density at radius 1 is 1.22 bits per heavy atom. The zero-order chi connectivity index (χ0) is 19.9. The van der Waals surface area contributed by atoms with Gasteiger partial charge in [-0.1, -0.05) is 25.5 Å². The number of amides is 2. The highest BCUT2D eigenvalue weighted by Gasteiger charge is 2.35. The van der Waals surface area contributed by atoms with Crippen LogP contribution in [0.1, 0.15) is 36.7 Å². The summed E-state index contributed by atoms with van der Waals surface area (Å²) in [4.78, 5) is 42.1. The quantitative estimate of drug-likeness (QED) is 0.833. The summed E-state index contributed by atoms with van der Waals surface area (Å²) in [6.45, 7) is 9.41. The minimum absolute atomic E-state index is 0.0586. The van der Waals surface area contributed by atoms with Gasteiger partial charge in [0.2, 0.25) is 11.3 Å². The average molecular weight is 369 g/mol. The number of fused-ring (bicyclic) bond motifs is 1. The molecule has 0 spiro atoms. The van der Waals surface area contributed by atoms with Crippen LogP contribution >= 0.6 is 0 Å². The number of hydrogen-bond donors (Lipinski definition) is 0. The lowest BCUT2D eigenvalue weighted by molar-refractivity contribution is -0.140. The summed E-state index contributed by atoms with van der Waals surface area (Å²) in [6.07, 6.45) is 1.58. The Morgan fingerprint density at radius 2 is 1.93 bits per heavy atom. The first-order valence-corrected chi connectivity index (χ1v) is 9.40. The molecule has 1 aromatic heterocycles.